The van der Waals surface area contributed by atoms with Crippen LogP contribution < -0.4 is 10.6 Å². The fourth-order valence-corrected chi connectivity index (χ4v) is 4.07. The lowest BCUT2D eigenvalue weighted by atomic mass is 9.96. The molecule has 2 N–H and O–H groups in total. The summed E-state index contributed by atoms with van der Waals surface area (Å²) >= 11 is 0. The Morgan fingerprint density at radius 1 is 1.16 bits per heavy atom. The van der Waals surface area contributed by atoms with Gasteiger partial charge in [0, 0.05) is 29.4 Å². The van der Waals surface area contributed by atoms with Gasteiger partial charge < -0.3 is 10.6 Å². The molecule has 3 atom stereocenters. The van der Waals surface area contributed by atoms with E-state index < -0.39 is 0 Å². The Hall–Kier alpha value is -2.55. The normalized spacial score (nSPS) is 18.7. The number of benzene rings is 1. The van der Waals surface area contributed by atoms with E-state index in [1.165, 1.54) is 28.1 Å². The van der Waals surface area contributed by atoms with Crippen LogP contribution >= 0.6 is 0 Å². The predicted molar refractivity (Wildman–Crippen MR) is 137 cm³/mol. The van der Waals surface area contributed by atoms with Crippen molar-refractivity contribution in [2.45, 2.75) is 73.4 Å². The predicted octanol–water partition coefficient (Wildman–Crippen LogP) is 7.06. The molecule has 0 spiro atoms. The Balaban J connectivity index is 2.13. The minimum atomic E-state index is 0.254. The monoisotopic (exact) mass is 419 g/mol. The number of rotatable bonds is 11. The average molecular weight is 420 g/mol. The minimum Gasteiger partial charge on any atom is -0.367 e. The van der Waals surface area contributed by atoms with Gasteiger partial charge in [-0.05, 0) is 76.1 Å². The third kappa shape index (κ3) is 6.99. The van der Waals surface area contributed by atoms with E-state index in [1.807, 2.05) is 20.1 Å². The molecule has 0 amide bonds. The van der Waals surface area contributed by atoms with Gasteiger partial charge >= 0.3 is 0 Å². The highest BCUT2D eigenvalue weighted by atomic mass is 15.2. The van der Waals surface area contributed by atoms with E-state index in [0.717, 1.165) is 31.4 Å². The van der Waals surface area contributed by atoms with Crippen molar-refractivity contribution in [3.8, 4) is 0 Å². The molecular weight excluding hydrogens is 378 g/mol. The van der Waals surface area contributed by atoms with E-state index in [4.69, 9.17) is 0 Å². The molecule has 0 bridgehead atoms. The number of hydrogen-bond donors (Lipinski definition) is 2. The van der Waals surface area contributed by atoms with Crippen molar-refractivity contribution in [2.75, 3.05) is 0 Å². The third-order valence-electron chi connectivity index (χ3n) is 6.18. The highest BCUT2D eigenvalue weighted by Gasteiger charge is 2.26. The highest BCUT2D eigenvalue weighted by Crippen LogP contribution is 2.29. The molecule has 1 aliphatic heterocycles. The van der Waals surface area contributed by atoms with Crippen molar-refractivity contribution in [1.82, 2.24) is 10.6 Å². The Morgan fingerprint density at radius 2 is 1.94 bits per heavy atom. The summed E-state index contributed by atoms with van der Waals surface area (Å²) in [6.45, 7) is 17.0. The van der Waals surface area contributed by atoms with Crippen molar-refractivity contribution in [3.63, 3.8) is 0 Å². The molecule has 1 aromatic rings. The molecule has 31 heavy (non-hydrogen) atoms. The second-order valence-electron chi connectivity index (χ2n) is 8.54. The molecule has 1 aromatic carbocycles. The minimum absolute atomic E-state index is 0.254. The van der Waals surface area contributed by atoms with Gasteiger partial charge in [0.1, 0.15) is 0 Å². The summed E-state index contributed by atoms with van der Waals surface area (Å²) in [6.07, 6.45) is 15.1. The summed E-state index contributed by atoms with van der Waals surface area (Å²) in [5.41, 5.74) is 7.44. The summed E-state index contributed by atoms with van der Waals surface area (Å²) in [6, 6.07) is 6.75. The molecule has 2 rings (SSSR count). The van der Waals surface area contributed by atoms with Crippen LogP contribution in [0.15, 0.2) is 65.5 Å². The molecule has 0 saturated heterocycles. The Labute approximate surface area is 190 Å². The lowest BCUT2D eigenvalue weighted by Crippen LogP contribution is -2.33. The van der Waals surface area contributed by atoms with Crippen LogP contribution in [0.25, 0.3) is 5.70 Å². The quantitative estimate of drug-likeness (QED) is 0.297. The molecule has 1 heterocycles. The average Bonchev–Trinajstić information content (AvgIpc) is 3.17. The number of hydrogen-bond acceptors (Lipinski definition) is 3. The van der Waals surface area contributed by atoms with Crippen LogP contribution in [0.2, 0.25) is 0 Å². The van der Waals surface area contributed by atoms with Crippen molar-refractivity contribution in [1.29, 1.82) is 0 Å². The molecular formula is C28H41N3. The Morgan fingerprint density at radius 3 is 2.58 bits per heavy atom. The second-order valence-corrected chi connectivity index (χ2v) is 8.54. The van der Waals surface area contributed by atoms with Crippen LogP contribution in [-0.4, -0.2) is 12.4 Å². The first-order valence-corrected chi connectivity index (χ1v) is 11.7. The van der Waals surface area contributed by atoms with Gasteiger partial charge in [-0.1, -0.05) is 56.9 Å². The SMILES string of the molecule is C=C(/N=C/C)C(CC)CCCC1NC(c2ccc(C)c(C)c2)=C(C(C)/C=C\C=C/C)N1. The van der Waals surface area contributed by atoms with Crippen molar-refractivity contribution >= 4 is 11.9 Å². The van der Waals surface area contributed by atoms with E-state index >= 15 is 0 Å². The van der Waals surface area contributed by atoms with Gasteiger partial charge in [-0.2, -0.15) is 0 Å². The lowest BCUT2D eigenvalue weighted by Gasteiger charge is -2.18. The van der Waals surface area contributed by atoms with Crippen LogP contribution in [0.5, 0.6) is 0 Å². The Bertz CT molecular complexity index is 857. The fraction of sp³-hybridized carbons (Fsp3) is 0.464. The van der Waals surface area contributed by atoms with Crippen molar-refractivity contribution in [3.05, 3.63) is 77.2 Å². The standard InChI is InChI=1S/C28H41N3/c1-8-11-12-14-21(5)27-28(25-18-17-20(4)22(6)19-25)31-26(30-27)16-13-15-24(9-2)23(7)29-10-3/h8,10-12,14,17-19,21,24,26,30-31H,7,9,13,15-16H2,1-6H3/b11-8-,14-12-,29-10+. The maximum atomic E-state index is 4.41. The van der Waals surface area contributed by atoms with Gasteiger partial charge in [-0.25, -0.2) is 0 Å². The fourth-order valence-electron chi connectivity index (χ4n) is 4.07. The third-order valence-corrected chi connectivity index (χ3v) is 6.18. The van der Waals surface area contributed by atoms with Gasteiger partial charge in [-0.3, -0.25) is 4.99 Å². The molecule has 1 aliphatic rings. The smallest absolute Gasteiger partial charge is 0.0962 e. The topological polar surface area (TPSA) is 36.4 Å². The summed E-state index contributed by atoms with van der Waals surface area (Å²) < 4.78 is 0. The van der Waals surface area contributed by atoms with Gasteiger partial charge in [0.25, 0.3) is 0 Å². The summed E-state index contributed by atoms with van der Waals surface area (Å²) in [4.78, 5) is 4.41. The van der Waals surface area contributed by atoms with Crippen LogP contribution in [0.3, 0.4) is 0 Å². The Kier molecular flexibility index (Phi) is 9.84. The number of aliphatic imine (C=N–C) groups is 1. The number of nitrogens with one attached hydrogen (secondary N) is 2. The van der Waals surface area contributed by atoms with Crippen LogP contribution in [-0.2, 0) is 0 Å². The highest BCUT2D eigenvalue weighted by molar-refractivity contribution is 5.70. The molecule has 3 nitrogen and oxygen atoms in total. The van der Waals surface area contributed by atoms with E-state index in [0.29, 0.717) is 11.8 Å². The molecule has 0 saturated carbocycles. The first-order chi connectivity index (χ1) is 14.9. The van der Waals surface area contributed by atoms with Crippen LogP contribution in [0.4, 0.5) is 0 Å². The molecule has 0 fully saturated rings. The van der Waals surface area contributed by atoms with E-state index in [-0.39, 0.29) is 6.17 Å². The zero-order valence-electron chi connectivity index (χ0n) is 20.3. The molecule has 0 aromatic heterocycles. The molecule has 168 valence electrons. The maximum absolute atomic E-state index is 4.41. The molecule has 3 heteroatoms. The van der Waals surface area contributed by atoms with Gasteiger partial charge in [0.05, 0.1) is 11.9 Å². The first kappa shape index (κ1) is 24.7. The van der Waals surface area contributed by atoms with Gasteiger partial charge in [-0.15, -0.1) is 0 Å². The lowest BCUT2D eigenvalue weighted by molar-refractivity contribution is 0.441. The van der Waals surface area contributed by atoms with E-state index in [1.54, 1.807) is 0 Å². The van der Waals surface area contributed by atoms with Gasteiger partial charge in [0.2, 0.25) is 0 Å². The molecule has 0 radical (unpaired) electrons. The number of nitrogens with zero attached hydrogens (tertiary/aromatic N) is 1. The summed E-state index contributed by atoms with van der Waals surface area (Å²) in [7, 11) is 0. The molecule has 3 unspecified atom stereocenters. The zero-order chi connectivity index (χ0) is 22.8. The zero-order valence-corrected chi connectivity index (χ0v) is 20.3. The van der Waals surface area contributed by atoms with Crippen molar-refractivity contribution < 1.29 is 0 Å². The number of allylic oxidation sites excluding steroid dienone is 5. The first-order valence-electron chi connectivity index (χ1n) is 11.7. The van der Waals surface area contributed by atoms with Gasteiger partial charge in [0.15, 0.2) is 0 Å². The number of aryl methyl sites for hydroxylation is 2. The van der Waals surface area contributed by atoms with Crippen LogP contribution in [0, 0.1) is 25.7 Å². The maximum Gasteiger partial charge on any atom is 0.0962 e. The largest absolute Gasteiger partial charge is 0.367 e. The van der Waals surface area contributed by atoms with E-state index in [9.17, 15) is 0 Å². The van der Waals surface area contributed by atoms with Crippen molar-refractivity contribution in [2.24, 2.45) is 16.8 Å². The van der Waals surface area contributed by atoms with Crippen LogP contribution in [0.1, 0.15) is 70.1 Å². The molecule has 0 aliphatic carbocycles. The second kappa shape index (κ2) is 12.3. The summed E-state index contributed by atoms with van der Waals surface area (Å²) in [5, 5.41) is 7.57. The van der Waals surface area contributed by atoms with E-state index in [2.05, 4.69) is 92.4 Å². The summed E-state index contributed by atoms with van der Waals surface area (Å²) in [5.74, 6) is 0.777.